The highest BCUT2D eigenvalue weighted by molar-refractivity contribution is 5.98. The Balaban J connectivity index is 0.00000208. The Morgan fingerprint density at radius 3 is 2.62 bits per heavy atom. The van der Waals surface area contributed by atoms with E-state index >= 15 is 0 Å². The molecule has 0 unspecified atom stereocenters. The normalized spacial score (nSPS) is 16.3. The zero-order chi connectivity index (χ0) is 16.4. The molecular formula is C17H22ClN3O3. The van der Waals surface area contributed by atoms with E-state index in [-0.39, 0.29) is 18.3 Å². The van der Waals surface area contributed by atoms with Gasteiger partial charge in [-0.1, -0.05) is 6.07 Å². The average molecular weight is 352 g/mol. The molecule has 1 aliphatic heterocycles. The third-order valence-corrected chi connectivity index (χ3v) is 4.18. The van der Waals surface area contributed by atoms with Crippen LogP contribution in [0.25, 0.3) is 11.5 Å². The molecule has 1 fully saturated rings. The Bertz CT molecular complexity index is 724. The van der Waals surface area contributed by atoms with E-state index < -0.39 is 5.54 Å². The fraction of sp³-hybridized carbons (Fsp3) is 0.412. The van der Waals surface area contributed by atoms with E-state index in [9.17, 15) is 4.79 Å². The van der Waals surface area contributed by atoms with Crippen molar-refractivity contribution in [2.45, 2.75) is 32.2 Å². The SMILES string of the molecule is Cc1coc(-c2cc(NC(=O)C3(N)CCOCC3)ccc2C)n1.Cl. The quantitative estimate of drug-likeness (QED) is 0.887. The minimum absolute atomic E-state index is 0. The number of nitrogens with one attached hydrogen (secondary N) is 1. The molecule has 1 aromatic heterocycles. The maximum Gasteiger partial charge on any atom is 0.244 e. The summed E-state index contributed by atoms with van der Waals surface area (Å²) < 4.78 is 10.7. The molecule has 0 spiro atoms. The lowest BCUT2D eigenvalue weighted by Gasteiger charge is -2.31. The van der Waals surface area contributed by atoms with Crippen molar-refractivity contribution < 1.29 is 13.9 Å². The molecule has 0 saturated carbocycles. The highest BCUT2D eigenvalue weighted by atomic mass is 35.5. The van der Waals surface area contributed by atoms with Crippen LogP contribution in [0.2, 0.25) is 0 Å². The topological polar surface area (TPSA) is 90.4 Å². The Morgan fingerprint density at radius 1 is 1.29 bits per heavy atom. The summed E-state index contributed by atoms with van der Waals surface area (Å²) in [5, 5.41) is 2.91. The number of halogens is 1. The fourth-order valence-corrected chi connectivity index (χ4v) is 2.63. The van der Waals surface area contributed by atoms with Crippen LogP contribution in [0.3, 0.4) is 0 Å². The summed E-state index contributed by atoms with van der Waals surface area (Å²) in [6.45, 7) is 4.87. The Kier molecular flexibility index (Phi) is 5.64. The largest absolute Gasteiger partial charge is 0.444 e. The maximum absolute atomic E-state index is 12.5. The van der Waals surface area contributed by atoms with Crippen LogP contribution >= 0.6 is 12.4 Å². The number of aryl methyl sites for hydroxylation is 2. The number of amides is 1. The summed E-state index contributed by atoms with van der Waals surface area (Å²) >= 11 is 0. The first-order chi connectivity index (χ1) is 11.0. The molecule has 2 heterocycles. The number of hydrogen-bond acceptors (Lipinski definition) is 5. The van der Waals surface area contributed by atoms with Gasteiger partial charge in [-0.15, -0.1) is 12.4 Å². The predicted octanol–water partition coefficient (Wildman–Crippen LogP) is 2.83. The van der Waals surface area contributed by atoms with Crippen molar-refractivity contribution in [2.75, 3.05) is 18.5 Å². The first-order valence-corrected chi connectivity index (χ1v) is 7.69. The van der Waals surface area contributed by atoms with Gasteiger partial charge < -0.3 is 20.2 Å². The second kappa shape index (κ2) is 7.34. The molecule has 0 radical (unpaired) electrons. The molecule has 6 nitrogen and oxygen atoms in total. The van der Waals surface area contributed by atoms with Gasteiger partial charge in [-0.05, 0) is 44.4 Å². The smallest absolute Gasteiger partial charge is 0.244 e. The van der Waals surface area contributed by atoms with E-state index in [1.165, 1.54) is 0 Å². The number of oxazole rings is 1. The zero-order valence-corrected chi connectivity index (χ0v) is 14.6. The van der Waals surface area contributed by atoms with Gasteiger partial charge in [0.25, 0.3) is 0 Å². The van der Waals surface area contributed by atoms with Crippen molar-refractivity contribution in [3.63, 3.8) is 0 Å². The second-order valence-corrected chi connectivity index (χ2v) is 6.05. The summed E-state index contributed by atoms with van der Waals surface area (Å²) in [5.74, 6) is 0.365. The lowest BCUT2D eigenvalue weighted by atomic mass is 9.90. The monoisotopic (exact) mass is 351 g/mol. The van der Waals surface area contributed by atoms with Crippen LogP contribution in [-0.4, -0.2) is 29.6 Å². The highest BCUT2D eigenvalue weighted by Gasteiger charge is 2.35. The van der Waals surface area contributed by atoms with Crippen molar-refractivity contribution in [2.24, 2.45) is 5.73 Å². The maximum atomic E-state index is 12.5. The number of benzene rings is 1. The molecule has 1 saturated heterocycles. The number of carbonyl (C=O) groups is 1. The van der Waals surface area contributed by atoms with E-state index in [4.69, 9.17) is 14.9 Å². The molecule has 1 aliphatic rings. The van der Waals surface area contributed by atoms with Gasteiger partial charge in [-0.3, -0.25) is 4.79 Å². The van der Waals surface area contributed by atoms with Gasteiger partial charge in [-0.25, -0.2) is 4.98 Å². The number of rotatable bonds is 3. The van der Waals surface area contributed by atoms with Crippen LogP contribution in [0.4, 0.5) is 5.69 Å². The molecule has 7 heteroatoms. The number of anilines is 1. The molecule has 1 amide bonds. The molecule has 3 N–H and O–H groups in total. The van der Waals surface area contributed by atoms with Crippen molar-refractivity contribution >= 4 is 24.0 Å². The van der Waals surface area contributed by atoms with Crippen LogP contribution in [0.5, 0.6) is 0 Å². The Hall–Kier alpha value is -1.89. The number of ether oxygens (including phenoxy) is 1. The van der Waals surface area contributed by atoms with Crippen LogP contribution in [0.15, 0.2) is 28.9 Å². The molecule has 0 atom stereocenters. The van der Waals surface area contributed by atoms with Crippen LogP contribution < -0.4 is 11.1 Å². The number of nitrogens with two attached hydrogens (primary N) is 1. The summed E-state index contributed by atoms with van der Waals surface area (Å²) in [4.78, 5) is 16.8. The highest BCUT2D eigenvalue weighted by Crippen LogP contribution is 2.27. The first kappa shape index (κ1) is 18.4. The van der Waals surface area contributed by atoms with E-state index in [0.717, 1.165) is 16.8 Å². The van der Waals surface area contributed by atoms with E-state index in [1.807, 2.05) is 32.0 Å². The summed E-state index contributed by atoms with van der Waals surface area (Å²) in [7, 11) is 0. The molecule has 3 rings (SSSR count). The molecule has 2 aromatic rings. The third kappa shape index (κ3) is 3.77. The fourth-order valence-electron chi connectivity index (χ4n) is 2.63. The minimum Gasteiger partial charge on any atom is -0.444 e. The lowest BCUT2D eigenvalue weighted by molar-refractivity contribution is -0.124. The molecule has 0 aliphatic carbocycles. The van der Waals surface area contributed by atoms with Gasteiger partial charge in [0.2, 0.25) is 11.8 Å². The Labute approximate surface area is 147 Å². The molecule has 1 aromatic carbocycles. The van der Waals surface area contributed by atoms with Gasteiger partial charge >= 0.3 is 0 Å². The number of aromatic nitrogens is 1. The number of carbonyl (C=O) groups excluding carboxylic acids is 1. The number of hydrogen-bond donors (Lipinski definition) is 2. The first-order valence-electron chi connectivity index (χ1n) is 7.69. The summed E-state index contributed by atoms with van der Waals surface area (Å²) in [6, 6.07) is 5.65. The van der Waals surface area contributed by atoms with Crippen LogP contribution in [-0.2, 0) is 9.53 Å². The van der Waals surface area contributed by atoms with Crippen molar-refractivity contribution in [3.05, 3.63) is 35.7 Å². The van der Waals surface area contributed by atoms with Gasteiger partial charge in [0.05, 0.1) is 5.69 Å². The second-order valence-electron chi connectivity index (χ2n) is 6.05. The van der Waals surface area contributed by atoms with E-state index in [1.54, 1.807) is 6.26 Å². The molecule has 0 bridgehead atoms. The lowest BCUT2D eigenvalue weighted by Crippen LogP contribution is -2.54. The third-order valence-electron chi connectivity index (χ3n) is 4.18. The zero-order valence-electron chi connectivity index (χ0n) is 13.8. The predicted molar refractivity (Wildman–Crippen MR) is 94.3 cm³/mol. The average Bonchev–Trinajstić information content (AvgIpc) is 2.96. The van der Waals surface area contributed by atoms with Crippen LogP contribution in [0, 0.1) is 13.8 Å². The van der Waals surface area contributed by atoms with Crippen molar-refractivity contribution in [1.82, 2.24) is 4.98 Å². The van der Waals surface area contributed by atoms with Gasteiger partial charge in [0.1, 0.15) is 11.8 Å². The molecule has 24 heavy (non-hydrogen) atoms. The summed E-state index contributed by atoms with van der Waals surface area (Å²) in [5.41, 5.74) is 8.72. The Morgan fingerprint density at radius 2 is 2.00 bits per heavy atom. The summed E-state index contributed by atoms with van der Waals surface area (Å²) in [6.07, 6.45) is 2.66. The van der Waals surface area contributed by atoms with E-state index in [2.05, 4.69) is 10.3 Å². The molecule has 130 valence electrons. The van der Waals surface area contributed by atoms with Gasteiger partial charge in [0.15, 0.2) is 0 Å². The van der Waals surface area contributed by atoms with E-state index in [0.29, 0.717) is 37.6 Å². The van der Waals surface area contributed by atoms with Crippen molar-refractivity contribution in [3.8, 4) is 11.5 Å². The van der Waals surface area contributed by atoms with Gasteiger partial charge in [0, 0.05) is 24.5 Å². The standard InChI is InChI=1S/C17H21N3O3.ClH/c1-11-3-4-13(9-14(11)15-19-12(2)10-23-15)20-16(21)17(18)5-7-22-8-6-17;/h3-4,9-10H,5-8,18H2,1-2H3,(H,20,21);1H. The van der Waals surface area contributed by atoms with Gasteiger partial charge in [-0.2, -0.15) is 0 Å². The minimum atomic E-state index is -0.872. The number of nitrogens with zero attached hydrogens (tertiary/aromatic N) is 1. The van der Waals surface area contributed by atoms with Crippen molar-refractivity contribution in [1.29, 1.82) is 0 Å². The van der Waals surface area contributed by atoms with Crippen LogP contribution in [0.1, 0.15) is 24.1 Å². The molecular weight excluding hydrogens is 330 g/mol.